The van der Waals surface area contributed by atoms with Crippen molar-refractivity contribution in [2.24, 2.45) is 5.14 Å². The number of amides is 1. The average molecular weight is 323 g/mol. The summed E-state index contributed by atoms with van der Waals surface area (Å²) >= 11 is 5.76. The first kappa shape index (κ1) is 16.5. The second kappa shape index (κ2) is 5.86. The van der Waals surface area contributed by atoms with Crippen molar-refractivity contribution in [1.29, 1.82) is 0 Å². The van der Waals surface area contributed by atoms with Crippen molar-refractivity contribution in [3.8, 4) is 5.75 Å². The van der Waals surface area contributed by atoms with E-state index in [9.17, 15) is 13.2 Å². The summed E-state index contributed by atoms with van der Waals surface area (Å²) < 4.78 is 31.2. The molecule has 0 atom stereocenters. The van der Waals surface area contributed by atoms with Crippen LogP contribution in [0.1, 0.15) is 20.8 Å². The number of carbonyl (C=O) groups excluding carboxylic acids is 1. The highest BCUT2D eigenvalue weighted by Gasteiger charge is 2.17. The quantitative estimate of drug-likeness (QED) is 0.887. The Bertz CT molecular complexity index is 610. The summed E-state index contributed by atoms with van der Waals surface area (Å²) in [5, 5.41) is 7.20. The van der Waals surface area contributed by atoms with Gasteiger partial charge in [-0.2, -0.15) is 13.6 Å². The van der Waals surface area contributed by atoms with Gasteiger partial charge in [0.25, 0.3) is 0 Å². The number of rotatable bonds is 3. The highest BCUT2D eigenvalue weighted by Crippen LogP contribution is 2.28. The molecule has 9 heteroatoms. The molecule has 0 radical (unpaired) electrons. The number of ether oxygens (including phenoxy) is 1. The number of nitrogens with one attached hydrogen (secondary N) is 1. The molecule has 0 heterocycles. The van der Waals surface area contributed by atoms with Crippen molar-refractivity contribution in [2.75, 3.05) is 5.32 Å². The molecule has 0 fully saturated rings. The SMILES string of the molecule is CC(C)(C)OC(=O)Nc1ccc(Cl)c(OS(N)(=O)=O)c1. The Balaban J connectivity index is 2.88. The van der Waals surface area contributed by atoms with Crippen LogP contribution in [0.25, 0.3) is 0 Å². The standard InChI is InChI=1S/C11H15ClN2O5S/c1-11(2,3)18-10(15)14-7-4-5-8(12)9(6-7)19-20(13,16)17/h4-6H,1-3H3,(H,14,15)(H2,13,16,17). The Morgan fingerprint density at radius 3 is 2.45 bits per heavy atom. The molecule has 0 saturated heterocycles. The van der Waals surface area contributed by atoms with Gasteiger partial charge in [-0.15, -0.1) is 0 Å². The van der Waals surface area contributed by atoms with Crippen molar-refractivity contribution >= 4 is 33.7 Å². The minimum Gasteiger partial charge on any atom is -0.444 e. The lowest BCUT2D eigenvalue weighted by molar-refractivity contribution is 0.0636. The molecule has 112 valence electrons. The summed E-state index contributed by atoms with van der Waals surface area (Å²) in [5.74, 6) is -0.192. The lowest BCUT2D eigenvalue weighted by atomic mass is 10.2. The molecule has 1 aromatic carbocycles. The first-order chi connectivity index (χ1) is 8.96. The first-order valence-electron chi connectivity index (χ1n) is 5.48. The third-order valence-electron chi connectivity index (χ3n) is 1.78. The maximum atomic E-state index is 11.6. The first-order valence-corrected chi connectivity index (χ1v) is 7.33. The number of anilines is 1. The highest BCUT2D eigenvalue weighted by atomic mass is 35.5. The molecule has 1 amide bonds. The van der Waals surface area contributed by atoms with Crippen LogP contribution in [0.4, 0.5) is 10.5 Å². The molecule has 1 aromatic rings. The summed E-state index contributed by atoms with van der Waals surface area (Å²) in [6.07, 6.45) is -0.693. The average Bonchev–Trinajstić information content (AvgIpc) is 2.18. The van der Waals surface area contributed by atoms with Crippen molar-refractivity contribution in [1.82, 2.24) is 0 Å². The van der Waals surface area contributed by atoms with Crippen LogP contribution in [0.3, 0.4) is 0 Å². The predicted molar refractivity (Wildman–Crippen MR) is 75.0 cm³/mol. The van der Waals surface area contributed by atoms with Crippen LogP contribution in [-0.4, -0.2) is 20.1 Å². The number of hydrogen-bond donors (Lipinski definition) is 2. The van der Waals surface area contributed by atoms with Gasteiger partial charge in [0.2, 0.25) is 0 Å². The maximum Gasteiger partial charge on any atom is 0.412 e. The fraction of sp³-hybridized carbons (Fsp3) is 0.364. The molecule has 0 aliphatic rings. The molecular formula is C11H15ClN2O5S. The van der Waals surface area contributed by atoms with E-state index in [0.29, 0.717) is 0 Å². The minimum atomic E-state index is -4.20. The monoisotopic (exact) mass is 322 g/mol. The van der Waals surface area contributed by atoms with E-state index in [1.54, 1.807) is 20.8 Å². The zero-order valence-electron chi connectivity index (χ0n) is 11.1. The van der Waals surface area contributed by atoms with E-state index >= 15 is 0 Å². The molecule has 0 aliphatic carbocycles. The summed E-state index contributed by atoms with van der Waals surface area (Å²) in [7, 11) is -4.20. The second-order valence-corrected chi connectivity index (χ2v) is 6.41. The largest absolute Gasteiger partial charge is 0.444 e. The number of benzene rings is 1. The fourth-order valence-corrected chi connectivity index (χ4v) is 1.78. The molecule has 7 nitrogen and oxygen atoms in total. The van der Waals surface area contributed by atoms with Crippen LogP contribution in [-0.2, 0) is 15.0 Å². The predicted octanol–water partition coefficient (Wildman–Crippen LogP) is 2.27. The Kier molecular flexibility index (Phi) is 4.85. The molecule has 3 N–H and O–H groups in total. The van der Waals surface area contributed by atoms with Gasteiger partial charge in [-0.3, -0.25) is 5.32 Å². The molecule has 0 bridgehead atoms. The van der Waals surface area contributed by atoms with Gasteiger partial charge >= 0.3 is 16.4 Å². The van der Waals surface area contributed by atoms with E-state index in [1.807, 2.05) is 0 Å². The Morgan fingerprint density at radius 2 is 1.95 bits per heavy atom. The zero-order chi connectivity index (χ0) is 15.6. The van der Waals surface area contributed by atoms with Gasteiger partial charge in [-0.05, 0) is 32.9 Å². The lowest BCUT2D eigenvalue weighted by Gasteiger charge is -2.19. The van der Waals surface area contributed by atoms with Crippen LogP contribution >= 0.6 is 11.6 Å². The van der Waals surface area contributed by atoms with Crippen LogP contribution in [0.5, 0.6) is 5.75 Å². The number of hydrogen-bond acceptors (Lipinski definition) is 5. The smallest absolute Gasteiger partial charge is 0.412 e. The van der Waals surface area contributed by atoms with Crippen molar-refractivity contribution in [3.63, 3.8) is 0 Å². The van der Waals surface area contributed by atoms with Crippen LogP contribution < -0.4 is 14.6 Å². The Morgan fingerprint density at radius 1 is 1.35 bits per heavy atom. The lowest BCUT2D eigenvalue weighted by Crippen LogP contribution is -2.27. The van der Waals surface area contributed by atoms with Crippen LogP contribution in [0.2, 0.25) is 5.02 Å². The van der Waals surface area contributed by atoms with Gasteiger partial charge in [0.05, 0.1) is 5.02 Å². The van der Waals surface area contributed by atoms with E-state index in [-0.39, 0.29) is 16.5 Å². The number of nitrogens with two attached hydrogens (primary N) is 1. The third kappa shape index (κ3) is 6.09. The Labute approximate surface area is 122 Å². The summed E-state index contributed by atoms with van der Waals surface area (Å²) in [6.45, 7) is 5.14. The molecular weight excluding hydrogens is 308 g/mol. The van der Waals surface area contributed by atoms with Crippen molar-refractivity contribution < 1.29 is 22.1 Å². The van der Waals surface area contributed by atoms with E-state index < -0.39 is 22.0 Å². The van der Waals surface area contributed by atoms with Crippen molar-refractivity contribution in [2.45, 2.75) is 26.4 Å². The summed E-state index contributed by atoms with van der Waals surface area (Å²) in [5.41, 5.74) is -0.404. The third-order valence-corrected chi connectivity index (χ3v) is 2.51. The zero-order valence-corrected chi connectivity index (χ0v) is 12.7. The maximum absolute atomic E-state index is 11.6. The molecule has 0 unspecified atom stereocenters. The molecule has 0 aromatic heterocycles. The molecule has 20 heavy (non-hydrogen) atoms. The van der Waals surface area contributed by atoms with E-state index in [2.05, 4.69) is 9.50 Å². The van der Waals surface area contributed by atoms with Gasteiger partial charge < -0.3 is 8.92 Å². The van der Waals surface area contributed by atoms with E-state index in [0.717, 1.165) is 0 Å². The molecule has 0 aliphatic heterocycles. The fourth-order valence-electron chi connectivity index (χ4n) is 1.19. The normalized spacial score (nSPS) is 11.8. The second-order valence-electron chi connectivity index (χ2n) is 4.85. The summed E-state index contributed by atoms with van der Waals surface area (Å²) in [4.78, 5) is 11.6. The van der Waals surface area contributed by atoms with Crippen LogP contribution in [0.15, 0.2) is 18.2 Å². The van der Waals surface area contributed by atoms with Gasteiger partial charge in [0, 0.05) is 11.8 Å². The van der Waals surface area contributed by atoms with Gasteiger partial charge in [-0.1, -0.05) is 11.6 Å². The highest BCUT2D eigenvalue weighted by molar-refractivity contribution is 7.84. The number of carbonyl (C=O) groups is 1. The topological polar surface area (TPSA) is 108 Å². The number of halogens is 1. The van der Waals surface area contributed by atoms with Crippen molar-refractivity contribution in [3.05, 3.63) is 23.2 Å². The van der Waals surface area contributed by atoms with E-state index in [1.165, 1.54) is 18.2 Å². The molecule has 1 rings (SSSR count). The summed E-state index contributed by atoms with van der Waals surface area (Å²) in [6, 6.07) is 4.04. The van der Waals surface area contributed by atoms with Crippen LogP contribution in [0, 0.1) is 0 Å². The molecule has 0 spiro atoms. The van der Waals surface area contributed by atoms with Gasteiger partial charge in [0.15, 0.2) is 5.75 Å². The minimum absolute atomic E-state index is 0.0359. The van der Waals surface area contributed by atoms with Gasteiger partial charge in [-0.25, -0.2) is 4.79 Å². The van der Waals surface area contributed by atoms with E-state index in [4.69, 9.17) is 21.5 Å². The molecule has 0 saturated carbocycles. The Hall–Kier alpha value is -1.51. The van der Waals surface area contributed by atoms with Gasteiger partial charge in [0.1, 0.15) is 5.60 Å².